The number of ether oxygens (including phenoxy) is 1. The highest BCUT2D eigenvalue weighted by atomic mass is 16.5. The SMILES string of the molecule is c1c[nH]c(-c2noc(CC3COCCN3)n2)n1. The highest BCUT2D eigenvalue weighted by Gasteiger charge is 2.18. The van der Waals surface area contributed by atoms with E-state index < -0.39 is 0 Å². The summed E-state index contributed by atoms with van der Waals surface area (Å²) < 4.78 is 10.5. The molecule has 17 heavy (non-hydrogen) atoms. The minimum Gasteiger partial charge on any atom is -0.378 e. The fourth-order valence-electron chi connectivity index (χ4n) is 1.78. The Kier molecular flexibility index (Phi) is 2.85. The van der Waals surface area contributed by atoms with Crippen molar-refractivity contribution in [1.82, 2.24) is 25.4 Å². The Morgan fingerprint density at radius 3 is 3.24 bits per heavy atom. The summed E-state index contributed by atoms with van der Waals surface area (Å²) in [6, 6.07) is 0.244. The van der Waals surface area contributed by atoms with Gasteiger partial charge in [0.25, 0.3) is 0 Å². The summed E-state index contributed by atoms with van der Waals surface area (Å²) in [6.07, 6.45) is 4.05. The Balaban J connectivity index is 1.68. The van der Waals surface area contributed by atoms with E-state index >= 15 is 0 Å². The molecule has 2 N–H and O–H groups in total. The van der Waals surface area contributed by atoms with Gasteiger partial charge in [0.2, 0.25) is 11.7 Å². The molecule has 1 atom stereocenters. The third kappa shape index (κ3) is 2.34. The summed E-state index contributed by atoms with van der Waals surface area (Å²) >= 11 is 0. The van der Waals surface area contributed by atoms with Gasteiger partial charge >= 0.3 is 0 Å². The second kappa shape index (κ2) is 4.64. The average molecular weight is 235 g/mol. The molecule has 0 bridgehead atoms. The lowest BCUT2D eigenvalue weighted by Gasteiger charge is -2.22. The van der Waals surface area contributed by atoms with Gasteiger partial charge in [0.05, 0.1) is 13.2 Å². The minimum atomic E-state index is 0.244. The number of nitrogens with zero attached hydrogens (tertiary/aromatic N) is 3. The molecule has 0 radical (unpaired) electrons. The molecule has 3 rings (SSSR count). The first kappa shape index (κ1) is 10.4. The third-order valence-electron chi connectivity index (χ3n) is 2.60. The zero-order chi connectivity index (χ0) is 11.5. The Hall–Kier alpha value is -1.73. The fraction of sp³-hybridized carbons (Fsp3) is 0.500. The van der Waals surface area contributed by atoms with Crippen molar-refractivity contribution in [2.75, 3.05) is 19.8 Å². The quantitative estimate of drug-likeness (QED) is 0.777. The highest BCUT2D eigenvalue weighted by Crippen LogP contribution is 2.11. The van der Waals surface area contributed by atoms with Gasteiger partial charge in [-0.3, -0.25) is 0 Å². The molecule has 2 aromatic heterocycles. The lowest BCUT2D eigenvalue weighted by molar-refractivity contribution is 0.0744. The maximum atomic E-state index is 5.36. The fourth-order valence-corrected chi connectivity index (χ4v) is 1.78. The van der Waals surface area contributed by atoms with Crippen molar-refractivity contribution >= 4 is 0 Å². The maximum absolute atomic E-state index is 5.36. The largest absolute Gasteiger partial charge is 0.378 e. The van der Waals surface area contributed by atoms with Crippen LogP contribution in [0.2, 0.25) is 0 Å². The van der Waals surface area contributed by atoms with Crippen LogP contribution >= 0.6 is 0 Å². The average Bonchev–Trinajstić information content (AvgIpc) is 3.00. The zero-order valence-electron chi connectivity index (χ0n) is 9.22. The molecule has 7 nitrogen and oxygen atoms in total. The Bertz CT molecular complexity index is 461. The van der Waals surface area contributed by atoms with Crippen molar-refractivity contribution < 1.29 is 9.26 Å². The maximum Gasteiger partial charge on any atom is 0.238 e. The van der Waals surface area contributed by atoms with E-state index in [-0.39, 0.29) is 6.04 Å². The van der Waals surface area contributed by atoms with Crippen LogP contribution in [-0.4, -0.2) is 45.9 Å². The first-order valence-corrected chi connectivity index (χ1v) is 5.55. The number of morpholine rings is 1. The van der Waals surface area contributed by atoms with E-state index in [2.05, 4.69) is 25.4 Å². The van der Waals surface area contributed by atoms with Crippen LogP contribution < -0.4 is 5.32 Å². The summed E-state index contributed by atoms with van der Waals surface area (Å²) in [5.41, 5.74) is 0. The molecule has 3 heterocycles. The van der Waals surface area contributed by atoms with E-state index in [4.69, 9.17) is 9.26 Å². The van der Waals surface area contributed by atoms with Crippen LogP contribution in [0.25, 0.3) is 11.6 Å². The molecular weight excluding hydrogens is 222 g/mol. The Morgan fingerprint density at radius 2 is 2.47 bits per heavy atom. The van der Waals surface area contributed by atoms with E-state index in [1.54, 1.807) is 12.4 Å². The van der Waals surface area contributed by atoms with Crippen LogP contribution in [0, 0.1) is 0 Å². The number of hydrogen-bond donors (Lipinski definition) is 2. The molecule has 0 amide bonds. The summed E-state index contributed by atoms with van der Waals surface area (Å²) in [5, 5.41) is 7.21. The monoisotopic (exact) mass is 235 g/mol. The molecule has 0 aliphatic carbocycles. The molecule has 1 fully saturated rings. The first-order chi connectivity index (χ1) is 8.42. The van der Waals surface area contributed by atoms with Crippen molar-refractivity contribution in [2.24, 2.45) is 0 Å². The highest BCUT2D eigenvalue weighted by molar-refractivity contribution is 5.40. The molecular formula is C10H13N5O2. The van der Waals surface area contributed by atoms with Crippen molar-refractivity contribution in [3.63, 3.8) is 0 Å². The van der Waals surface area contributed by atoms with Gasteiger partial charge in [-0.2, -0.15) is 4.98 Å². The summed E-state index contributed by atoms with van der Waals surface area (Å²) in [7, 11) is 0. The number of nitrogens with one attached hydrogen (secondary N) is 2. The minimum absolute atomic E-state index is 0.244. The summed E-state index contributed by atoms with van der Waals surface area (Å²) in [4.78, 5) is 11.3. The molecule has 1 aliphatic rings. The topological polar surface area (TPSA) is 88.9 Å². The summed E-state index contributed by atoms with van der Waals surface area (Å²) in [5.74, 6) is 1.70. The van der Waals surface area contributed by atoms with Gasteiger partial charge in [-0.05, 0) is 0 Å². The van der Waals surface area contributed by atoms with Crippen LogP contribution in [0.1, 0.15) is 5.89 Å². The van der Waals surface area contributed by atoms with E-state index in [1.807, 2.05) is 0 Å². The van der Waals surface area contributed by atoms with Crippen molar-refractivity contribution in [3.05, 3.63) is 18.3 Å². The molecule has 7 heteroatoms. The number of hydrogen-bond acceptors (Lipinski definition) is 6. The predicted molar refractivity (Wildman–Crippen MR) is 58.2 cm³/mol. The predicted octanol–water partition coefficient (Wildman–Crippen LogP) is -0.00940. The number of rotatable bonds is 3. The van der Waals surface area contributed by atoms with Crippen molar-refractivity contribution in [1.29, 1.82) is 0 Å². The van der Waals surface area contributed by atoms with Gasteiger partial charge in [-0.25, -0.2) is 4.98 Å². The van der Waals surface area contributed by atoms with Crippen molar-refractivity contribution in [2.45, 2.75) is 12.5 Å². The zero-order valence-corrected chi connectivity index (χ0v) is 9.22. The van der Waals surface area contributed by atoms with Crippen LogP contribution in [0.3, 0.4) is 0 Å². The van der Waals surface area contributed by atoms with Crippen molar-refractivity contribution in [3.8, 4) is 11.6 Å². The van der Waals surface area contributed by atoms with Gasteiger partial charge in [0.1, 0.15) is 0 Å². The van der Waals surface area contributed by atoms with Crippen LogP contribution in [-0.2, 0) is 11.2 Å². The van der Waals surface area contributed by atoms with Gasteiger partial charge in [0.15, 0.2) is 5.82 Å². The molecule has 0 saturated carbocycles. The van der Waals surface area contributed by atoms with E-state index in [0.29, 0.717) is 30.6 Å². The van der Waals surface area contributed by atoms with E-state index in [0.717, 1.165) is 13.2 Å². The van der Waals surface area contributed by atoms with Gasteiger partial charge in [-0.15, -0.1) is 0 Å². The number of aromatic nitrogens is 4. The lowest BCUT2D eigenvalue weighted by Crippen LogP contribution is -2.42. The normalized spacial score (nSPS) is 20.6. The summed E-state index contributed by atoms with van der Waals surface area (Å²) in [6.45, 7) is 2.31. The molecule has 1 unspecified atom stereocenters. The Labute approximate surface area is 97.6 Å². The standard InChI is InChI=1S/C10H13N5O2/c1-2-13-9(12-1)10-14-8(17-15-10)5-7-6-16-4-3-11-7/h1-2,7,11H,3-6H2,(H,12,13). The first-order valence-electron chi connectivity index (χ1n) is 5.55. The molecule has 90 valence electrons. The third-order valence-corrected chi connectivity index (χ3v) is 2.60. The molecule has 0 aromatic carbocycles. The van der Waals surface area contributed by atoms with Crippen LogP contribution in [0.5, 0.6) is 0 Å². The number of imidazole rings is 1. The molecule has 0 spiro atoms. The van der Waals surface area contributed by atoms with Gasteiger partial charge in [-0.1, -0.05) is 5.16 Å². The van der Waals surface area contributed by atoms with Crippen LogP contribution in [0.15, 0.2) is 16.9 Å². The molecule has 1 aliphatic heterocycles. The number of H-pyrrole nitrogens is 1. The van der Waals surface area contributed by atoms with E-state index in [1.165, 1.54) is 0 Å². The van der Waals surface area contributed by atoms with Crippen LogP contribution in [0.4, 0.5) is 0 Å². The number of aromatic amines is 1. The van der Waals surface area contributed by atoms with E-state index in [9.17, 15) is 0 Å². The second-order valence-corrected chi connectivity index (χ2v) is 3.88. The molecule has 2 aromatic rings. The smallest absolute Gasteiger partial charge is 0.238 e. The Morgan fingerprint density at radius 1 is 1.47 bits per heavy atom. The lowest BCUT2D eigenvalue weighted by atomic mass is 10.2. The van der Waals surface area contributed by atoms with Gasteiger partial charge < -0.3 is 19.6 Å². The molecule has 1 saturated heterocycles. The second-order valence-electron chi connectivity index (χ2n) is 3.88. The van der Waals surface area contributed by atoms with Gasteiger partial charge in [0, 0.05) is 31.4 Å².